The molecule has 0 fully saturated rings. The van der Waals surface area contributed by atoms with Crippen LogP contribution in [-0.2, 0) is 11.4 Å². The molecule has 1 N–H and O–H groups in total. The van der Waals surface area contributed by atoms with Crippen LogP contribution >= 0.6 is 31.9 Å². The lowest BCUT2D eigenvalue weighted by Crippen LogP contribution is -2.13. The van der Waals surface area contributed by atoms with Crippen LogP contribution in [0.4, 0.5) is 5.69 Å². The van der Waals surface area contributed by atoms with Crippen LogP contribution in [0, 0.1) is 11.3 Å². The molecule has 0 aromatic heterocycles. The van der Waals surface area contributed by atoms with Gasteiger partial charge in [-0.15, -0.1) is 0 Å². The van der Waals surface area contributed by atoms with Crippen LogP contribution in [0.1, 0.15) is 11.1 Å². The molecule has 0 spiro atoms. The van der Waals surface area contributed by atoms with Crippen LogP contribution < -0.4 is 14.8 Å². The monoisotopic (exact) mass is 540 g/mol. The van der Waals surface area contributed by atoms with Crippen LogP contribution in [0.5, 0.6) is 11.5 Å². The highest BCUT2D eigenvalue weighted by molar-refractivity contribution is 9.10. The molecule has 0 saturated heterocycles. The van der Waals surface area contributed by atoms with Crippen molar-refractivity contribution in [3.8, 4) is 17.6 Å². The molecule has 156 valence electrons. The van der Waals surface area contributed by atoms with Gasteiger partial charge >= 0.3 is 0 Å². The summed E-state index contributed by atoms with van der Waals surface area (Å²) in [5.41, 5.74) is 2.14. The molecule has 0 unspecified atom stereocenters. The third-order valence-corrected chi connectivity index (χ3v) is 5.31. The summed E-state index contributed by atoms with van der Waals surface area (Å²) in [5, 5.41) is 12.3. The summed E-state index contributed by atoms with van der Waals surface area (Å²) in [4.78, 5) is 12.6. The lowest BCUT2D eigenvalue weighted by Gasteiger charge is -2.11. The summed E-state index contributed by atoms with van der Waals surface area (Å²) in [6.45, 7) is 0.357. The molecule has 5 nitrogen and oxygen atoms in total. The second-order valence-electron chi connectivity index (χ2n) is 6.45. The van der Waals surface area contributed by atoms with Crippen molar-refractivity contribution in [3.05, 3.63) is 92.4 Å². The maximum atomic E-state index is 12.6. The van der Waals surface area contributed by atoms with Gasteiger partial charge in [0.1, 0.15) is 29.7 Å². The molecule has 0 saturated carbocycles. The van der Waals surface area contributed by atoms with E-state index in [1.54, 1.807) is 43.5 Å². The van der Waals surface area contributed by atoms with Crippen molar-refractivity contribution in [2.24, 2.45) is 0 Å². The maximum absolute atomic E-state index is 12.6. The number of carbonyl (C=O) groups is 1. The molecule has 3 rings (SSSR count). The first-order valence-corrected chi connectivity index (χ1v) is 10.8. The number of hydrogen-bond acceptors (Lipinski definition) is 4. The van der Waals surface area contributed by atoms with E-state index in [0.29, 0.717) is 29.4 Å². The molecule has 0 aliphatic heterocycles. The molecule has 0 aliphatic carbocycles. The second-order valence-corrected chi connectivity index (χ2v) is 8.28. The first kappa shape index (κ1) is 22.6. The fraction of sp³-hybridized carbons (Fsp3) is 0.0833. The number of nitriles is 1. The third kappa shape index (κ3) is 6.45. The molecule has 3 aromatic carbocycles. The number of nitrogens with zero attached hydrogens (tertiary/aromatic N) is 1. The van der Waals surface area contributed by atoms with Gasteiger partial charge in [0, 0.05) is 20.2 Å². The summed E-state index contributed by atoms with van der Waals surface area (Å²) in [7, 11) is 1.57. The average Bonchev–Trinajstić information content (AvgIpc) is 2.78. The normalized spacial score (nSPS) is 10.8. The summed E-state index contributed by atoms with van der Waals surface area (Å²) < 4.78 is 12.9. The van der Waals surface area contributed by atoms with Crippen LogP contribution in [0.15, 0.2) is 81.2 Å². The van der Waals surface area contributed by atoms with E-state index in [1.807, 2.05) is 36.4 Å². The minimum absolute atomic E-state index is 0.0394. The Morgan fingerprint density at radius 2 is 1.71 bits per heavy atom. The Morgan fingerprint density at radius 1 is 1.03 bits per heavy atom. The fourth-order valence-corrected chi connectivity index (χ4v) is 3.33. The Morgan fingerprint density at radius 3 is 2.35 bits per heavy atom. The molecule has 0 bridgehead atoms. The summed E-state index contributed by atoms with van der Waals surface area (Å²) in [5.74, 6) is 0.735. The zero-order valence-corrected chi connectivity index (χ0v) is 19.7. The molecule has 0 aliphatic rings. The van der Waals surface area contributed by atoms with Gasteiger partial charge in [-0.3, -0.25) is 4.79 Å². The first-order chi connectivity index (χ1) is 15.0. The number of rotatable bonds is 7. The highest BCUT2D eigenvalue weighted by atomic mass is 79.9. The van der Waals surface area contributed by atoms with E-state index in [0.717, 1.165) is 14.5 Å². The van der Waals surface area contributed by atoms with Crippen molar-refractivity contribution < 1.29 is 14.3 Å². The topological polar surface area (TPSA) is 71.3 Å². The lowest BCUT2D eigenvalue weighted by molar-refractivity contribution is -0.112. The minimum atomic E-state index is -0.508. The largest absolute Gasteiger partial charge is 0.497 e. The quantitative estimate of drug-likeness (QED) is 0.279. The zero-order valence-electron chi connectivity index (χ0n) is 16.6. The highest BCUT2D eigenvalue weighted by Gasteiger charge is 2.12. The predicted octanol–water partition coefficient (Wildman–Crippen LogP) is 6.34. The Hall–Kier alpha value is -3.08. The number of hydrogen-bond donors (Lipinski definition) is 1. The molecule has 1 amide bonds. The van der Waals surface area contributed by atoms with Gasteiger partial charge in [0.25, 0.3) is 5.91 Å². The van der Waals surface area contributed by atoms with Crippen molar-refractivity contribution in [2.45, 2.75) is 6.61 Å². The molecule has 0 atom stereocenters. The van der Waals surface area contributed by atoms with Gasteiger partial charge < -0.3 is 14.8 Å². The molecule has 0 heterocycles. The van der Waals surface area contributed by atoms with Gasteiger partial charge in [0.05, 0.1) is 7.11 Å². The number of benzene rings is 3. The van der Waals surface area contributed by atoms with Crippen LogP contribution in [0.3, 0.4) is 0 Å². The van der Waals surface area contributed by atoms with E-state index < -0.39 is 5.91 Å². The standard InChI is InChI=1S/C24H18Br2N2O3/c1-30-22-9-7-21(8-10-22)28-24(29)18(14-27)12-17-13-20(26)6-11-23(17)31-15-16-2-4-19(25)5-3-16/h2-13H,15H2,1H3,(H,28,29)/b18-12+. The fourth-order valence-electron chi connectivity index (χ4n) is 2.68. The van der Waals surface area contributed by atoms with E-state index >= 15 is 0 Å². The lowest BCUT2D eigenvalue weighted by atomic mass is 10.1. The molecular weight excluding hydrogens is 524 g/mol. The summed E-state index contributed by atoms with van der Waals surface area (Å²) in [6, 6.07) is 22.1. The number of methoxy groups -OCH3 is 1. The average molecular weight is 542 g/mol. The predicted molar refractivity (Wildman–Crippen MR) is 128 cm³/mol. The van der Waals surface area contributed by atoms with Crippen LogP contribution in [0.2, 0.25) is 0 Å². The van der Waals surface area contributed by atoms with Crippen LogP contribution in [0.25, 0.3) is 6.08 Å². The molecular formula is C24H18Br2N2O3. The zero-order chi connectivity index (χ0) is 22.2. The maximum Gasteiger partial charge on any atom is 0.266 e. The van der Waals surface area contributed by atoms with Crippen LogP contribution in [-0.4, -0.2) is 13.0 Å². The Bertz CT molecular complexity index is 1130. The van der Waals surface area contributed by atoms with Crippen molar-refractivity contribution in [2.75, 3.05) is 12.4 Å². The van der Waals surface area contributed by atoms with Crippen molar-refractivity contribution in [3.63, 3.8) is 0 Å². The molecule has 31 heavy (non-hydrogen) atoms. The number of ether oxygens (including phenoxy) is 2. The van der Waals surface area contributed by atoms with Crippen molar-refractivity contribution in [1.82, 2.24) is 0 Å². The molecule has 7 heteroatoms. The number of amides is 1. The van der Waals surface area contributed by atoms with Gasteiger partial charge in [-0.25, -0.2) is 0 Å². The Balaban J connectivity index is 1.80. The van der Waals surface area contributed by atoms with Gasteiger partial charge in [-0.2, -0.15) is 5.26 Å². The number of carbonyl (C=O) groups excluding carboxylic acids is 1. The summed E-state index contributed by atoms with van der Waals surface area (Å²) >= 11 is 6.84. The van der Waals surface area contributed by atoms with Gasteiger partial charge in [-0.1, -0.05) is 44.0 Å². The Labute approximate surface area is 197 Å². The van der Waals surface area contributed by atoms with E-state index in [9.17, 15) is 10.1 Å². The van der Waals surface area contributed by atoms with Gasteiger partial charge in [0.15, 0.2) is 0 Å². The van der Waals surface area contributed by atoms with Gasteiger partial charge in [-0.05, 0) is 66.2 Å². The van der Waals surface area contributed by atoms with Gasteiger partial charge in [0.2, 0.25) is 0 Å². The number of anilines is 1. The third-order valence-electron chi connectivity index (χ3n) is 4.29. The minimum Gasteiger partial charge on any atom is -0.497 e. The van der Waals surface area contributed by atoms with E-state index in [2.05, 4.69) is 37.2 Å². The van der Waals surface area contributed by atoms with E-state index in [4.69, 9.17) is 9.47 Å². The highest BCUT2D eigenvalue weighted by Crippen LogP contribution is 2.27. The number of halogens is 2. The SMILES string of the molecule is COc1ccc(NC(=O)/C(C#N)=C/c2cc(Br)ccc2OCc2ccc(Br)cc2)cc1. The smallest absolute Gasteiger partial charge is 0.266 e. The second kappa shape index (κ2) is 10.8. The van der Waals surface area contributed by atoms with Crippen molar-refractivity contribution in [1.29, 1.82) is 5.26 Å². The van der Waals surface area contributed by atoms with E-state index in [-0.39, 0.29) is 5.57 Å². The van der Waals surface area contributed by atoms with E-state index in [1.165, 1.54) is 6.08 Å². The summed E-state index contributed by atoms with van der Waals surface area (Å²) in [6.07, 6.45) is 1.51. The van der Waals surface area contributed by atoms with Crippen molar-refractivity contribution >= 4 is 49.5 Å². The Kier molecular flexibility index (Phi) is 7.88. The molecule has 0 radical (unpaired) electrons. The molecule has 3 aromatic rings. The first-order valence-electron chi connectivity index (χ1n) is 9.22. The number of nitrogens with one attached hydrogen (secondary N) is 1.